The van der Waals surface area contributed by atoms with Crippen molar-refractivity contribution in [1.82, 2.24) is 0 Å². The van der Waals surface area contributed by atoms with E-state index in [0.717, 1.165) is 25.2 Å². The fourth-order valence-electron chi connectivity index (χ4n) is 3.78. The van der Waals surface area contributed by atoms with Gasteiger partial charge < -0.3 is 4.74 Å². The highest BCUT2D eigenvalue weighted by atomic mass is 16.5. The summed E-state index contributed by atoms with van der Waals surface area (Å²) in [5, 5.41) is 0. The first-order valence-electron chi connectivity index (χ1n) is 7.14. The van der Waals surface area contributed by atoms with Crippen molar-refractivity contribution >= 4 is 6.47 Å². The van der Waals surface area contributed by atoms with Crippen molar-refractivity contribution in [1.29, 1.82) is 0 Å². The third-order valence-electron chi connectivity index (χ3n) is 4.62. The van der Waals surface area contributed by atoms with Crippen molar-refractivity contribution in [3.05, 3.63) is 0 Å². The first kappa shape index (κ1) is 14.5. The van der Waals surface area contributed by atoms with Crippen LogP contribution in [-0.2, 0) is 9.53 Å². The summed E-state index contributed by atoms with van der Waals surface area (Å²) in [6.45, 7) is 10.7. The molecule has 0 amide bonds. The van der Waals surface area contributed by atoms with Crippen molar-refractivity contribution in [3.8, 4) is 0 Å². The van der Waals surface area contributed by atoms with Crippen LogP contribution < -0.4 is 0 Å². The van der Waals surface area contributed by atoms with Crippen LogP contribution in [0.25, 0.3) is 0 Å². The van der Waals surface area contributed by atoms with Crippen LogP contribution in [-0.4, -0.2) is 12.1 Å². The molecule has 0 aliphatic heterocycles. The molecule has 0 aromatic heterocycles. The minimum atomic E-state index is -0.254. The lowest BCUT2D eigenvalue weighted by Crippen LogP contribution is -2.45. The molecule has 0 aromatic rings. The molecule has 17 heavy (non-hydrogen) atoms. The third-order valence-corrected chi connectivity index (χ3v) is 4.62. The lowest BCUT2D eigenvalue weighted by Gasteiger charge is -2.45. The lowest BCUT2D eigenvalue weighted by molar-refractivity contribution is -0.0585. The molecular weight excluding hydrogens is 212 g/mol. The lowest BCUT2D eigenvalue weighted by atomic mass is 9.66. The van der Waals surface area contributed by atoms with Gasteiger partial charge in [-0.15, -0.1) is 0 Å². The van der Waals surface area contributed by atoms with E-state index in [0.29, 0.717) is 11.8 Å². The molecule has 0 saturated heterocycles. The topological polar surface area (TPSA) is 26.3 Å². The van der Waals surface area contributed by atoms with Crippen LogP contribution in [0.5, 0.6) is 0 Å². The average molecular weight is 239 g/mol. The quantitative estimate of drug-likeness (QED) is 0.697. The van der Waals surface area contributed by atoms with E-state index in [1.807, 2.05) is 0 Å². The van der Waals surface area contributed by atoms with Gasteiger partial charge in [0.2, 0.25) is 0 Å². The molecular formula is C15H27O2. The maximum absolute atomic E-state index is 10.7. The van der Waals surface area contributed by atoms with Crippen LogP contribution in [0.1, 0.15) is 66.2 Å². The number of hydrogen-bond donors (Lipinski definition) is 0. The van der Waals surface area contributed by atoms with Crippen molar-refractivity contribution in [2.75, 3.05) is 0 Å². The Morgan fingerprint density at radius 1 is 1.29 bits per heavy atom. The Morgan fingerprint density at radius 2 is 2.00 bits per heavy atom. The summed E-state index contributed by atoms with van der Waals surface area (Å²) >= 11 is 0. The molecule has 1 rings (SSSR count). The van der Waals surface area contributed by atoms with Crippen LogP contribution in [0, 0.1) is 17.8 Å². The second kappa shape index (κ2) is 6.42. The predicted octanol–water partition coefficient (Wildman–Crippen LogP) is 4.09. The molecule has 1 aliphatic rings. The van der Waals surface area contributed by atoms with E-state index in [9.17, 15) is 4.79 Å². The number of ether oxygens (including phenoxy) is 1. The smallest absolute Gasteiger partial charge is 0.418 e. The molecule has 1 radical (unpaired) electrons. The van der Waals surface area contributed by atoms with E-state index in [1.165, 1.54) is 19.3 Å². The number of carbonyl (C=O) groups excluding carboxylic acids is 1. The molecule has 0 bridgehead atoms. The Kier molecular flexibility index (Phi) is 5.48. The van der Waals surface area contributed by atoms with Gasteiger partial charge in [0.25, 0.3) is 0 Å². The van der Waals surface area contributed by atoms with Crippen LogP contribution >= 0.6 is 0 Å². The van der Waals surface area contributed by atoms with Gasteiger partial charge in [0, 0.05) is 5.92 Å². The Morgan fingerprint density at radius 3 is 2.47 bits per heavy atom. The van der Waals surface area contributed by atoms with Crippen LogP contribution in [0.15, 0.2) is 0 Å². The Bertz CT molecular complexity index is 239. The van der Waals surface area contributed by atoms with Gasteiger partial charge in [-0.1, -0.05) is 40.5 Å². The minimum Gasteiger partial charge on any atom is -0.450 e. The van der Waals surface area contributed by atoms with E-state index < -0.39 is 0 Å². The van der Waals surface area contributed by atoms with E-state index in [2.05, 4.69) is 27.7 Å². The fourth-order valence-corrected chi connectivity index (χ4v) is 3.78. The standard InChI is InChI=1S/C15H27O2/c1-5-9-15(6-2,17-11-16)14-8-7-12(3)10-13(14)4/h12-14H,5-10H2,1-4H3. The zero-order valence-electron chi connectivity index (χ0n) is 11.8. The van der Waals surface area contributed by atoms with Crippen molar-refractivity contribution in [3.63, 3.8) is 0 Å². The Hall–Kier alpha value is -0.530. The van der Waals surface area contributed by atoms with Gasteiger partial charge in [0.1, 0.15) is 5.60 Å². The highest BCUT2D eigenvalue weighted by molar-refractivity contribution is 5.39. The molecule has 2 heteroatoms. The van der Waals surface area contributed by atoms with E-state index >= 15 is 0 Å². The van der Waals surface area contributed by atoms with Gasteiger partial charge >= 0.3 is 6.47 Å². The molecule has 1 fully saturated rings. The molecule has 4 atom stereocenters. The Balaban J connectivity index is 2.84. The van der Waals surface area contributed by atoms with Crippen molar-refractivity contribution in [2.24, 2.45) is 17.8 Å². The molecule has 0 heterocycles. The summed E-state index contributed by atoms with van der Waals surface area (Å²) in [5.41, 5.74) is -0.254. The predicted molar refractivity (Wildman–Crippen MR) is 70.4 cm³/mol. The summed E-state index contributed by atoms with van der Waals surface area (Å²) in [4.78, 5) is 10.7. The second-order valence-corrected chi connectivity index (χ2v) is 5.86. The summed E-state index contributed by atoms with van der Waals surface area (Å²) in [6.07, 6.45) is 6.68. The van der Waals surface area contributed by atoms with Gasteiger partial charge in [-0.25, -0.2) is 4.79 Å². The molecule has 0 aromatic carbocycles. The van der Waals surface area contributed by atoms with E-state index in [1.54, 1.807) is 6.47 Å². The average Bonchev–Trinajstić information content (AvgIpc) is 2.28. The van der Waals surface area contributed by atoms with Gasteiger partial charge in [-0.3, -0.25) is 0 Å². The number of hydrogen-bond acceptors (Lipinski definition) is 2. The third kappa shape index (κ3) is 3.23. The van der Waals surface area contributed by atoms with Crippen molar-refractivity contribution < 1.29 is 9.53 Å². The highest BCUT2D eigenvalue weighted by Gasteiger charge is 2.43. The maximum Gasteiger partial charge on any atom is 0.418 e. The zero-order chi connectivity index (χ0) is 12.9. The van der Waals surface area contributed by atoms with Gasteiger partial charge in [-0.2, -0.15) is 0 Å². The summed E-state index contributed by atoms with van der Waals surface area (Å²) in [7, 11) is 0. The SMILES string of the molecule is CCCC(CC)(O[C]=O)C1CCC(C)CC1C. The molecule has 0 N–H and O–H groups in total. The van der Waals surface area contributed by atoms with Gasteiger partial charge in [0.05, 0.1) is 0 Å². The van der Waals surface area contributed by atoms with Crippen molar-refractivity contribution in [2.45, 2.75) is 71.8 Å². The molecule has 99 valence electrons. The molecule has 4 unspecified atom stereocenters. The largest absolute Gasteiger partial charge is 0.450 e. The highest BCUT2D eigenvalue weighted by Crippen LogP contribution is 2.44. The molecule has 0 spiro atoms. The van der Waals surface area contributed by atoms with Crippen LogP contribution in [0.2, 0.25) is 0 Å². The summed E-state index contributed by atoms with van der Waals surface area (Å²) < 4.78 is 5.46. The summed E-state index contributed by atoms with van der Waals surface area (Å²) in [5.74, 6) is 1.99. The van der Waals surface area contributed by atoms with Gasteiger partial charge in [-0.05, 0) is 37.5 Å². The second-order valence-electron chi connectivity index (χ2n) is 5.86. The molecule has 1 aliphatic carbocycles. The van der Waals surface area contributed by atoms with Crippen LogP contribution in [0.4, 0.5) is 0 Å². The number of rotatable bonds is 6. The normalized spacial score (nSPS) is 32.8. The summed E-state index contributed by atoms with van der Waals surface area (Å²) in [6, 6.07) is 0. The van der Waals surface area contributed by atoms with E-state index in [-0.39, 0.29) is 5.60 Å². The van der Waals surface area contributed by atoms with Gasteiger partial charge in [0.15, 0.2) is 0 Å². The van der Waals surface area contributed by atoms with E-state index in [4.69, 9.17) is 4.74 Å². The fraction of sp³-hybridized carbons (Fsp3) is 0.933. The van der Waals surface area contributed by atoms with Crippen LogP contribution in [0.3, 0.4) is 0 Å². The molecule has 2 nitrogen and oxygen atoms in total. The first-order chi connectivity index (χ1) is 8.09. The minimum absolute atomic E-state index is 0.254. The first-order valence-corrected chi connectivity index (χ1v) is 7.14. The maximum atomic E-state index is 10.7. The Labute approximate surface area is 106 Å². The zero-order valence-corrected chi connectivity index (χ0v) is 11.8. The monoisotopic (exact) mass is 239 g/mol. The molecule has 1 saturated carbocycles.